The van der Waals surface area contributed by atoms with Crippen LogP contribution in [-0.2, 0) is 19.5 Å². The van der Waals surface area contributed by atoms with Crippen LogP contribution in [0.3, 0.4) is 0 Å². The van der Waals surface area contributed by atoms with Crippen molar-refractivity contribution in [2.45, 2.75) is 38.6 Å². The van der Waals surface area contributed by atoms with Gasteiger partial charge in [0, 0.05) is 30.9 Å². The van der Waals surface area contributed by atoms with E-state index < -0.39 is 6.10 Å². The van der Waals surface area contributed by atoms with Crippen LogP contribution in [-0.4, -0.2) is 32.9 Å². The molecule has 1 aliphatic carbocycles. The summed E-state index contributed by atoms with van der Waals surface area (Å²) in [6, 6.07) is 8.33. The average molecular weight is 271 g/mol. The Balaban J connectivity index is 1.71. The van der Waals surface area contributed by atoms with Crippen molar-refractivity contribution in [3.05, 3.63) is 53.3 Å². The predicted molar refractivity (Wildman–Crippen MR) is 78.3 cm³/mol. The molecule has 0 aliphatic heterocycles. The number of aryl methyl sites for hydroxylation is 1. The van der Waals surface area contributed by atoms with Gasteiger partial charge in [0.25, 0.3) is 0 Å². The molecule has 1 N–H and O–H groups in total. The minimum Gasteiger partial charge on any atom is -0.387 e. The fourth-order valence-electron chi connectivity index (χ4n) is 3.02. The molecule has 1 heterocycles. The third-order valence-electron chi connectivity index (χ3n) is 4.18. The molecular weight excluding hydrogens is 250 g/mol. The summed E-state index contributed by atoms with van der Waals surface area (Å²) < 4.78 is 1.93. The molecule has 4 heteroatoms. The van der Waals surface area contributed by atoms with Crippen LogP contribution in [0.1, 0.15) is 29.7 Å². The zero-order chi connectivity index (χ0) is 14.1. The molecule has 4 nitrogen and oxygen atoms in total. The topological polar surface area (TPSA) is 41.3 Å². The lowest BCUT2D eigenvalue weighted by atomic mass is 10.1. The molecule has 1 aromatic carbocycles. The first kappa shape index (κ1) is 13.3. The molecular formula is C16H21N3O. The van der Waals surface area contributed by atoms with Gasteiger partial charge in [-0.3, -0.25) is 9.58 Å². The van der Waals surface area contributed by atoms with Gasteiger partial charge in [-0.15, -0.1) is 0 Å². The number of fused-ring (bicyclic) bond motifs is 1. The van der Waals surface area contributed by atoms with Gasteiger partial charge in [-0.2, -0.15) is 5.10 Å². The minimum atomic E-state index is -0.391. The molecule has 1 aliphatic rings. The van der Waals surface area contributed by atoms with E-state index in [4.69, 9.17) is 0 Å². The average Bonchev–Trinajstić information content (AvgIpc) is 3.04. The quantitative estimate of drug-likeness (QED) is 0.924. The zero-order valence-electron chi connectivity index (χ0n) is 12.0. The van der Waals surface area contributed by atoms with Crippen molar-refractivity contribution in [1.29, 1.82) is 0 Å². The fourth-order valence-corrected chi connectivity index (χ4v) is 3.02. The molecule has 0 fully saturated rings. The number of aliphatic hydroxyl groups excluding tert-OH is 1. The van der Waals surface area contributed by atoms with Gasteiger partial charge in [0.1, 0.15) is 0 Å². The molecule has 2 atom stereocenters. The Kier molecular flexibility index (Phi) is 3.59. The summed E-state index contributed by atoms with van der Waals surface area (Å²) in [5.74, 6) is 0. The molecule has 0 bridgehead atoms. The van der Waals surface area contributed by atoms with E-state index in [-0.39, 0.29) is 6.04 Å². The molecule has 20 heavy (non-hydrogen) atoms. The Bertz CT molecular complexity index is 593. The number of benzene rings is 1. The van der Waals surface area contributed by atoms with Gasteiger partial charge in [0.2, 0.25) is 0 Å². The second kappa shape index (κ2) is 5.38. The third-order valence-corrected chi connectivity index (χ3v) is 4.18. The van der Waals surface area contributed by atoms with E-state index in [9.17, 15) is 5.11 Å². The van der Waals surface area contributed by atoms with Gasteiger partial charge >= 0.3 is 0 Å². The second-order valence-electron chi connectivity index (χ2n) is 5.53. The number of rotatable bonds is 4. The molecule has 3 rings (SSSR count). The third kappa shape index (κ3) is 2.37. The summed E-state index contributed by atoms with van der Waals surface area (Å²) in [4.78, 5) is 2.22. The van der Waals surface area contributed by atoms with Crippen molar-refractivity contribution < 1.29 is 5.11 Å². The Morgan fingerprint density at radius 2 is 2.20 bits per heavy atom. The number of aromatic nitrogens is 2. The van der Waals surface area contributed by atoms with Gasteiger partial charge in [-0.1, -0.05) is 24.3 Å². The van der Waals surface area contributed by atoms with Crippen molar-refractivity contribution in [3.8, 4) is 0 Å². The first-order valence-electron chi connectivity index (χ1n) is 7.16. The van der Waals surface area contributed by atoms with E-state index in [1.807, 2.05) is 29.1 Å². The number of aliphatic hydroxyl groups is 1. The van der Waals surface area contributed by atoms with E-state index >= 15 is 0 Å². The Hall–Kier alpha value is -1.65. The zero-order valence-corrected chi connectivity index (χ0v) is 12.0. The molecule has 0 spiro atoms. The van der Waals surface area contributed by atoms with Crippen molar-refractivity contribution in [2.75, 3.05) is 7.05 Å². The molecule has 0 amide bonds. The van der Waals surface area contributed by atoms with Crippen LogP contribution in [0.15, 0.2) is 36.7 Å². The van der Waals surface area contributed by atoms with E-state index in [1.165, 1.54) is 11.1 Å². The number of nitrogens with zero attached hydrogens (tertiary/aromatic N) is 3. The number of hydrogen-bond donors (Lipinski definition) is 1. The maximum Gasteiger partial charge on any atom is 0.0951 e. The maximum absolute atomic E-state index is 10.5. The highest BCUT2D eigenvalue weighted by Crippen LogP contribution is 2.34. The fraction of sp³-hybridized carbons (Fsp3) is 0.438. The molecule has 0 saturated carbocycles. The molecule has 0 saturated heterocycles. The standard InChI is InChI=1S/C16H21N3O/c1-3-19-11-12(9-17-19)10-18(2)15-8-13-6-4-5-7-14(13)16(15)20/h4-7,9,11,15-16,20H,3,8,10H2,1-2H3/t15-,16-/m0/s1. The van der Waals surface area contributed by atoms with Crippen LogP contribution in [0.25, 0.3) is 0 Å². The summed E-state index contributed by atoms with van der Waals surface area (Å²) >= 11 is 0. The lowest BCUT2D eigenvalue weighted by molar-refractivity contribution is 0.0721. The van der Waals surface area contributed by atoms with E-state index in [2.05, 4.69) is 36.2 Å². The predicted octanol–water partition coefficient (Wildman–Crippen LogP) is 1.99. The molecule has 106 valence electrons. The smallest absolute Gasteiger partial charge is 0.0951 e. The molecule has 0 radical (unpaired) electrons. The molecule has 0 unspecified atom stereocenters. The summed E-state index contributed by atoms with van der Waals surface area (Å²) in [7, 11) is 2.07. The number of hydrogen-bond acceptors (Lipinski definition) is 3. The number of likely N-dealkylation sites (N-methyl/N-ethyl adjacent to an activating group) is 1. The van der Waals surface area contributed by atoms with E-state index in [1.54, 1.807) is 0 Å². The minimum absolute atomic E-state index is 0.150. The van der Waals surface area contributed by atoms with Gasteiger partial charge < -0.3 is 5.11 Å². The van der Waals surface area contributed by atoms with Crippen molar-refractivity contribution in [3.63, 3.8) is 0 Å². The Labute approximate surface area is 119 Å². The van der Waals surface area contributed by atoms with E-state index in [0.717, 1.165) is 25.1 Å². The highest BCUT2D eigenvalue weighted by Gasteiger charge is 2.33. The van der Waals surface area contributed by atoms with Gasteiger partial charge in [0.15, 0.2) is 0 Å². The van der Waals surface area contributed by atoms with Gasteiger partial charge in [0.05, 0.1) is 12.3 Å². The van der Waals surface area contributed by atoms with Crippen LogP contribution in [0.2, 0.25) is 0 Å². The maximum atomic E-state index is 10.5. The lowest BCUT2D eigenvalue weighted by Gasteiger charge is -2.26. The van der Waals surface area contributed by atoms with E-state index in [0.29, 0.717) is 0 Å². The normalized spacial score (nSPS) is 21.4. The van der Waals surface area contributed by atoms with Crippen LogP contribution >= 0.6 is 0 Å². The van der Waals surface area contributed by atoms with Gasteiger partial charge in [-0.05, 0) is 31.5 Å². The first-order chi connectivity index (χ1) is 9.69. The Morgan fingerprint density at radius 3 is 2.90 bits per heavy atom. The first-order valence-corrected chi connectivity index (χ1v) is 7.16. The van der Waals surface area contributed by atoms with Crippen molar-refractivity contribution >= 4 is 0 Å². The second-order valence-corrected chi connectivity index (χ2v) is 5.53. The molecule has 2 aromatic rings. The van der Waals surface area contributed by atoms with Crippen LogP contribution in [0.4, 0.5) is 0 Å². The largest absolute Gasteiger partial charge is 0.387 e. The monoisotopic (exact) mass is 271 g/mol. The van der Waals surface area contributed by atoms with Crippen molar-refractivity contribution in [1.82, 2.24) is 14.7 Å². The van der Waals surface area contributed by atoms with Crippen LogP contribution in [0.5, 0.6) is 0 Å². The highest BCUT2D eigenvalue weighted by molar-refractivity contribution is 5.35. The summed E-state index contributed by atoms with van der Waals surface area (Å²) in [5, 5.41) is 14.8. The highest BCUT2D eigenvalue weighted by atomic mass is 16.3. The van der Waals surface area contributed by atoms with Crippen LogP contribution in [0, 0.1) is 0 Å². The molecule has 1 aromatic heterocycles. The summed E-state index contributed by atoms with van der Waals surface area (Å²) in [5.41, 5.74) is 3.53. The summed E-state index contributed by atoms with van der Waals surface area (Å²) in [6.45, 7) is 3.79. The lowest BCUT2D eigenvalue weighted by Crippen LogP contribution is -2.34. The summed E-state index contributed by atoms with van der Waals surface area (Å²) in [6.07, 6.45) is 4.51. The van der Waals surface area contributed by atoms with Gasteiger partial charge in [-0.25, -0.2) is 0 Å². The SMILES string of the molecule is CCn1cc(CN(C)[C@H]2Cc3ccccc3[C@@H]2O)cn1. The van der Waals surface area contributed by atoms with Crippen molar-refractivity contribution in [2.24, 2.45) is 0 Å². The Morgan fingerprint density at radius 1 is 1.40 bits per heavy atom. The van der Waals surface area contributed by atoms with Crippen LogP contribution < -0.4 is 0 Å².